The first-order chi connectivity index (χ1) is 10.1. The van der Waals surface area contributed by atoms with Crippen molar-refractivity contribution in [3.63, 3.8) is 0 Å². The SMILES string of the molecule is COc1ccc(OCCN2CCC(C(=O)O)CC2C)cc1. The Morgan fingerprint density at radius 3 is 2.57 bits per heavy atom. The summed E-state index contributed by atoms with van der Waals surface area (Å²) in [5, 5.41) is 9.06. The maximum Gasteiger partial charge on any atom is 0.306 e. The van der Waals surface area contributed by atoms with Crippen LogP contribution in [-0.2, 0) is 4.79 Å². The Bertz CT molecular complexity index is 460. The quantitative estimate of drug-likeness (QED) is 0.872. The fourth-order valence-electron chi connectivity index (χ4n) is 2.73. The third kappa shape index (κ3) is 4.36. The molecule has 1 N–H and O–H groups in total. The van der Waals surface area contributed by atoms with E-state index >= 15 is 0 Å². The Labute approximate surface area is 125 Å². The molecule has 0 aromatic heterocycles. The van der Waals surface area contributed by atoms with Gasteiger partial charge in [-0.2, -0.15) is 0 Å². The molecule has 0 aliphatic carbocycles. The summed E-state index contributed by atoms with van der Waals surface area (Å²) in [5.41, 5.74) is 0. The summed E-state index contributed by atoms with van der Waals surface area (Å²) in [6, 6.07) is 7.81. The van der Waals surface area contributed by atoms with Crippen molar-refractivity contribution in [1.82, 2.24) is 4.90 Å². The van der Waals surface area contributed by atoms with Gasteiger partial charge in [-0.05, 0) is 50.6 Å². The lowest BCUT2D eigenvalue weighted by atomic mass is 9.92. The van der Waals surface area contributed by atoms with Crippen LogP contribution in [0.2, 0.25) is 0 Å². The van der Waals surface area contributed by atoms with E-state index in [0.717, 1.165) is 37.4 Å². The number of hydrogen-bond donors (Lipinski definition) is 1. The normalized spacial score (nSPS) is 22.8. The number of nitrogens with zero attached hydrogens (tertiary/aromatic N) is 1. The van der Waals surface area contributed by atoms with Crippen LogP contribution in [0.15, 0.2) is 24.3 Å². The molecule has 0 bridgehead atoms. The van der Waals surface area contributed by atoms with Crippen molar-refractivity contribution in [2.24, 2.45) is 5.92 Å². The monoisotopic (exact) mass is 293 g/mol. The number of likely N-dealkylation sites (tertiary alicyclic amines) is 1. The topological polar surface area (TPSA) is 59.0 Å². The molecule has 5 heteroatoms. The minimum Gasteiger partial charge on any atom is -0.497 e. The van der Waals surface area contributed by atoms with Gasteiger partial charge in [-0.25, -0.2) is 0 Å². The highest BCUT2D eigenvalue weighted by Crippen LogP contribution is 2.23. The first-order valence-corrected chi connectivity index (χ1v) is 7.34. The predicted octanol–water partition coefficient (Wildman–Crippen LogP) is 2.26. The molecule has 2 atom stereocenters. The second-order valence-corrected chi connectivity index (χ2v) is 5.47. The third-order valence-corrected chi connectivity index (χ3v) is 4.07. The standard InChI is InChI=1S/C16H23NO4/c1-12-11-13(16(18)19)7-8-17(12)9-10-21-15-5-3-14(20-2)4-6-15/h3-6,12-13H,7-11H2,1-2H3,(H,18,19). The average Bonchev–Trinajstić information content (AvgIpc) is 2.49. The molecule has 1 aromatic rings. The first kappa shape index (κ1) is 15.6. The molecule has 2 unspecified atom stereocenters. The van der Waals surface area contributed by atoms with E-state index in [1.54, 1.807) is 7.11 Å². The molecule has 1 saturated heterocycles. The predicted molar refractivity (Wildman–Crippen MR) is 79.9 cm³/mol. The number of methoxy groups -OCH3 is 1. The van der Waals surface area contributed by atoms with Crippen LogP contribution >= 0.6 is 0 Å². The van der Waals surface area contributed by atoms with Crippen LogP contribution in [0.3, 0.4) is 0 Å². The van der Waals surface area contributed by atoms with Gasteiger partial charge in [-0.1, -0.05) is 0 Å². The van der Waals surface area contributed by atoms with Crippen LogP contribution in [0.25, 0.3) is 0 Å². The van der Waals surface area contributed by atoms with Crippen LogP contribution in [0.4, 0.5) is 0 Å². The minimum atomic E-state index is -0.670. The molecule has 0 saturated carbocycles. The van der Waals surface area contributed by atoms with Gasteiger partial charge in [0.25, 0.3) is 0 Å². The van der Waals surface area contributed by atoms with Gasteiger partial charge in [0, 0.05) is 12.6 Å². The average molecular weight is 293 g/mol. The zero-order valence-electron chi connectivity index (χ0n) is 12.6. The number of rotatable bonds is 6. The number of hydrogen-bond acceptors (Lipinski definition) is 4. The lowest BCUT2D eigenvalue weighted by Gasteiger charge is -2.36. The molecule has 1 aromatic carbocycles. The molecule has 1 aliphatic heterocycles. The Morgan fingerprint density at radius 1 is 1.33 bits per heavy atom. The first-order valence-electron chi connectivity index (χ1n) is 7.34. The van der Waals surface area contributed by atoms with Crippen molar-refractivity contribution in [1.29, 1.82) is 0 Å². The van der Waals surface area contributed by atoms with Gasteiger partial charge in [0.15, 0.2) is 0 Å². The molecular weight excluding hydrogens is 270 g/mol. The lowest BCUT2D eigenvalue weighted by Crippen LogP contribution is -2.44. The van der Waals surface area contributed by atoms with Gasteiger partial charge in [-0.3, -0.25) is 9.69 Å². The maximum atomic E-state index is 11.0. The molecule has 116 valence electrons. The van der Waals surface area contributed by atoms with Crippen LogP contribution in [-0.4, -0.2) is 48.8 Å². The van der Waals surface area contributed by atoms with Crippen molar-refractivity contribution in [2.75, 3.05) is 26.8 Å². The van der Waals surface area contributed by atoms with Gasteiger partial charge < -0.3 is 14.6 Å². The van der Waals surface area contributed by atoms with Crippen LogP contribution < -0.4 is 9.47 Å². The Kier molecular flexibility index (Phi) is 5.44. The van der Waals surface area contributed by atoms with E-state index in [9.17, 15) is 4.79 Å². The van der Waals surface area contributed by atoms with E-state index in [1.165, 1.54) is 0 Å². The summed E-state index contributed by atoms with van der Waals surface area (Å²) in [6.45, 7) is 4.33. The van der Waals surface area contributed by atoms with Crippen molar-refractivity contribution in [3.05, 3.63) is 24.3 Å². The van der Waals surface area contributed by atoms with Crippen LogP contribution in [0, 0.1) is 5.92 Å². The van der Waals surface area contributed by atoms with E-state index in [0.29, 0.717) is 12.6 Å². The number of piperidine rings is 1. The molecule has 0 spiro atoms. The number of carbonyl (C=O) groups is 1. The highest BCUT2D eigenvalue weighted by atomic mass is 16.5. The van der Waals surface area contributed by atoms with E-state index in [1.807, 2.05) is 24.3 Å². The fourth-order valence-corrected chi connectivity index (χ4v) is 2.73. The maximum absolute atomic E-state index is 11.0. The molecule has 1 aliphatic rings. The zero-order chi connectivity index (χ0) is 15.2. The van der Waals surface area contributed by atoms with Crippen molar-refractivity contribution in [2.45, 2.75) is 25.8 Å². The second-order valence-electron chi connectivity index (χ2n) is 5.47. The molecule has 1 heterocycles. The Balaban J connectivity index is 1.74. The van der Waals surface area contributed by atoms with Crippen molar-refractivity contribution >= 4 is 5.97 Å². The molecule has 0 amide bonds. The van der Waals surface area contributed by atoms with Gasteiger partial charge in [0.2, 0.25) is 0 Å². The van der Waals surface area contributed by atoms with E-state index in [-0.39, 0.29) is 5.92 Å². The highest BCUT2D eigenvalue weighted by Gasteiger charge is 2.29. The summed E-state index contributed by atoms with van der Waals surface area (Å²) in [4.78, 5) is 13.3. The summed E-state index contributed by atoms with van der Waals surface area (Å²) < 4.78 is 10.8. The fraction of sp³-hybridized carbons (Fsp3) is 0.562. The molecule has 2 rings (SSSR count). The van der Waals surface area contributed by atoms with Gasteiger partial charge in [0.05, 0.1) is 13.0 Å². The molecule has 0 radical (unpaired) electrons. The smallest absolute Gasteiger partial charge is 0.306 e. The van der Waals surface area contributed by atoms with Gasteiger partial charge in [-0.15, -0.1) is 0 Å². The Hall–Kier alpha value is -1.75. The minimum absolute atomic E-state index is 0.196. The van der Waals surface area contributed by atoms with Crippen LogP contribution in [0.5, 0.6) is 11.5 Å². The van der Waals surface area contributed by atoms with E-state index < -0.39 is 5.97 Å². The van der Waals surface area contributed by atoms with E-state index in [4.69, 9.17) is 14.6 Å². The van der Waals surface area contributed by atoms with Gasteiger partial charge >= 0.3 is 5.97 Å². The number of carboxylic acid groups (broad SMARTS) is 1. The number of aliphatic carboxylic acids is 1. The third-order valence-electron chi connectivity index (χ3n) is 4.07. The van der Waals surface area contributed by atoms with Crippen molar-refractivity contribution in [3.8, 4) is 11.5 Å². The van der Waals surface area contributed by atoms with E-state index in [2.05, 4.69) is 11.8 Å². The largest absolute Gasteiger partial charge is 0.497 e. The highest BCUT2D eigenvalue weighted by molar-refractivity contribution is 5.70. The number of ether oxygens (including phenoxy) is 2. The molecule has 21 heavy (non-hydrogen) atoms. The Morgan fingerprint density at radius 2 is 2.00 bits per heavy atom. The van der Waals surface area contributed by atoms with Gasteiger partial charge in [0.1, 0.15) is 18.1 Å². The summed E-state index contributed by atoms with van der Waals surface area (Å²) >= 11 is 0. The second kappa shape index (κ2) is 7.31. The number of carboxylic acids is 1. The summed E-state index contributed by atoms with van der Waals surface area (Å²) in [5.74, 6) is 0.769. The molecule has 5 nitrogen and oxygen atoms in total. The molecule has 1 fully saturated rings. The summed E-state index contributed by atoms with van der Waals surface area (Å²) in [6.07, 6.45) is 1.44. The molecular formula is C16H23NO4. The van der Waals surface area contributed by atoms with Crippen molar-refractivity contribution < 1.29 is 19.4 Å². The lowest BCUT2D eigenvalue weighted by molar-refractivity contribution is -0.144. The zero-order valence-corrected chi connectivity index (χ0v) is 12.6. The summed E-state index contributed by atoms with van der Waals surface area (Å²) in [7, 11) is 1.64. The van der Waals surface area contributed by atoms with Crippen LogP contribution in [0.1, 0.15) is 19.8 Å². The number of benzene rings is 1.